The largest absolute Gasteiger partial charge is 0.497 e. The van der Waals surface area contributed by atoms with Crippen LogP contribution in [0.2, 0.25) is 0 Å². The lowest BCUT2D eigenvalue weighted by atomic mass is 9.98. The summed E-state index contributed by atoms with van der Waals surface area (Å²) < 4.78 is 5.26. The SMILES string of the molecule is COc1ccc(-c2ccc(NC(=O)C3CC3c3ccc(C)cc3)cc2-c2nn[nH]n2)cc1. The molecule has 0 radical (unpaired) electrons. The quantitative estimate of drug-likeness (QED) is 0.471. The Balaban J connectivity index is 1.38. The highest BCUT2D eigenvalue weighted by molar-refractivity contribution is 5.96. The van der Waals surface area contributed by atoms with Crippen LogP contribution in [-0.4, -0.2) is 33.6 Å². The van der Waals surface area contributed by atoms with E-state index in [9.17, 15) is 4.79 Å². The van der Waals surface area contributed by atoms with Crippen molar-refractivity contribution in [3.63, 3.8) is 0 Å². The van der Waals surface area contributed by atoms with Gasteiger partial charge in [0.1, 0.15) is 5.75 Å². The van der Waals surface area contributed by atoms with Crippen LogP contribution in [0.4, 0.5) is 5.69 Å². The summed E-state index contributed by atoms with van der Waals surface area (Å²) in [4.78, 5) is 12.9. The van der Waals surface area contributed by atoms with Crippen molar-refractivity contribution in [2.75, 3.05) is 12.4 Å². The van der Waals surface area contributed by atoms with Crippen LogP contribution >= 0.6 is 0 Å². The number of ether oxygens (including phenoxy) is 1. The van der Waals surface area contributed by atoms with Crippen LogP contribution in [0.25, 0.3) is 22.5 Å². The number of amides is 1. The first kappa shape index (κ1) is 19.9. The van der Waals surface area contributed by atoms with Crippen LogP contribution in [-0.2, 0) is 4.79 Å². The minimum absolute atomic E-state index is 0.00686. The molecule has 160 valence electrons. The molecule has 7 nitrogen and oxygen atoms in total. The predicted octanol–water partition coefficient (Wildman–Crippen LogP) is 4.59. The van der Waals surface area contributed by atoms with Gasteiger partial charge in [-0.15, -0.1) is 10.2 Å². The highest BCUT2D eigenvalue weighted by Crippen LogP contribution is 2.48. The summed E-state index contributed by atoms with van der Waals surface area (Å²) in [7, 11) is 1.64. The Morgan fingerprint density at radius 1 is 1.03 bits per heavy atom. The third-order valence-corrected chi connectivity index (χ3v) is 5.91. The molecule has 1 aliphatic carbocycles. The van der Waals surface area contributed by atoms with Crippen LogP contribution in [0.15, 0.2) is 66.7 Å². The van der Waals surface area contributed by atoms with Crippen molar-refractivity contribution in [2.45, 2.75) is 19.3 Å². The number of benzene rings is 3. The number of carbonyl (C=O) groups is 1. The van der Waals surface area contributed by atoms with Crippen LogP contribution in [0.5, 0.6) is 5.75 Å². The van der Waals surface area contributed by atoms with Crippen molar-refractivity contribution in [1.29, 1.82) is 0 Å². The molecule has 1 aromatic heterocycles. The third-order valence-electron chi connectivity index (χ3n) is 5.91. The fraction of sp³-hybridized carbons (Fsp3) is 0.200. The van der Waals surface area contributed by atoms with Gasteiger partial charge in [-0.1, -0.05) is 48.0 Å². The second kappa shape index (κ2) is 8.26. The zero-order valence-corrected chi connectivity index (χ0v) is 17.9. The summed E-state index contributed by atoms with van der Waals surface area (Å²) in [6.07, 6.45) is 0.872. The summed E-state index contributed by atoms with van der Waals surface area (Å²) in [5.41, 5.74) is 5.87. The van der Waals surface area contributed by atoms with E-state index in [-0.39, 0.29) is 17.7 Å². The molecular weight excluding hydrogens is 402 g/mol. The van der Waals surface area contributed by atoms with E-state index in [0.717, 1.165) is 28.9 Å². The maximum atomic E-state index is 12.9. The molecule has 1 amide bonds. The number of carbonyl (C=O) groups excluding carboxylic acids is 1. The van der Waals surface area contributed by atoms with Gasteiger partial charge in [0.05, 0.1) is 7.11 Å². The Hall–Kier alpha value is -4.00. The average molecular weight is 425 g/mol. The number of aromatic amines is 1. The Labute approximate surface area is 185 Å². The summed E-state index contributed by atoms with van der Waals surface area (Å²) >= 11 is 0. The van der Waals surface area contributed by atoms with E-state index in [2.05, 4.69) is 57.1 Å². The smallest absolute Gasteiger partial charge is 0.228 e. The molecule has 0 saturated heterocycles. The van der Waals surface area contributed by atoms with E-state index < -0.39 is 0 Å². The second-order valence-corrected chi connectivity index (χ2v) is 8.07. The molecule has 2 unspecified atom stereocenters. The molecule has 1 saturated carbocycles. The number of hydrogen-bond donors (Lipinski definition) is 2. The first-order valence-corrected chi connectivity index (χ1v) is 10.5. The van der Waals surface area contributed by atoms with E-state index in [1.54, 1.807) is 7.11 Å². The molecule has 3 aromatic carbocycles. The summed E-state index contributed by atoms with van der Waals surface area (Å²) in [6.45, 7) is 2.07. The molecule has 32 heavy (non-hydrogen) atoms. The van der Waals surface area contributed by atoms with Gasteiger partial charge in [-0.05, 0) is 65.4 Å². The number of hydrogen-bond acceptors (Lipinski definition) is 5. The number of nitrogens with zero attached hydrogens (tertiary/aromatic N) is 3. The van der Waals surface area contributed by atoms with Crippen molar-refractivity contribution in [2.24, 2.45) is 5.92 Å². The van der Waals surface area contributed by atoms with Crippen molar-refractivity contribution >= 4 is 11.6 Å². The van der Waals surface area contributed by atoms with Gasteiger partial charge in [-0.3, -0.25) is 4.79 Å². The first-order valence-electron chi connectivity index (χ1n) is 10.5. The minimum atomic E-state index is -0.00686. The molecule has 2 N–H and O–H groups in total. The van der Waals surface area contributed by atoms with E-state index in [1.807, 2.05) is 42.5 Å². The monoisotopic (exact) mass is 425 g/mol. The van der Waals surface area contributed by atoms with Crippen LogP contribution < -0.4 is 10.1 Å². The van der Waals surface area contributed by atoms with Crippen molar-refractivity contribution in [1.82, 2.24) is 20.6 Å². The van der Waals surface area contributed by atoms with Gasteiger partial charge in [0.25, 0.3) is 0 Å². The van der Waals surface area contributed by atoms with Crippen LogP contribution in [0.3, 0.4) is 0 Å². The molecule has 1 aliphatic rings. The highest BCUT2D eigenvalue weighted by atomic mass is 16.5. The molecule has 0 bridgehead atoms. The van der Waals surface area contributed by atoms with Gasteiger partial charge in [0.15, 0.2) is 0 Å². The third kappa shape index (κ3) is 3.97. The van der Waals surface area contributed by atoms with E-state index in [0.29, 0.717) is 11.5 Å². The molecule has 1 heterocycles. The molecular formula is C25H23N5O2. The number of H-pyrrole nitrogens is 1. The lowest BCUT2D eigenvalue weighted by Crippen LogP contribution is -2.14. The molecule has 7 heteroatoms. The van der Waals surface area contributed by atoms with Crippen LogP contribution in [0.1, 0.15) is 23.5 Å². The molecule has 1 fully saturated rings. The maximum Gasteiger partial charge on any atom is 0.228 e. The Morgan fingerprint density at radius 2 is 1.81 bits per heavy atom. The first-order chi connectivity index (χ1) is 15.6. The molecule has 4 aromatic rings. The van der Waals surface area contributed by atoms with Gasteiger partial charge < -0.3 is 10.1 Å². The number of anilines is 1. The zero-order valence-electron chi connectivity index (χ0n) is 17.9. The predicted molar refractivity (Wildman–Crippen MR) is 122 cm³/mol. The Morgan fingerprint density at radius 3 is 2.50 bits per heavy atom. The fourth-order valence-electron chi connectivity index (χ4n) is 4.01. The molecule has 0 aliphatic heterocycles. The number of nitrogens with one attached hydrogen (secondary N) is 2. The summed E-state index contributed by atoms with van der Waals surface area (Å²) in [5, 5.41) is 17.6. The number of tetrazole rings is 1. The summed E-state index contributed by atoms with van der Waals surface area (Å²) in [5.74, 6) is 1.56. The normalized spacial score (nSPS) is 17.1. The van der Waals surface area contributed by atoms with Gasteiger partial charge in [-0.25, -0.2) is 0 Å². The second-order valence-electron chi connectivity index (χ2n) is 8.07. The number of aromatic nitrogens is 4. The molecule has 2 atom stereocenters. The minimum Gasteiger partial charge on any atom is -0.497 e. The van der Waals surface area contributed by atoms with Gasteiger partial charge >= 0.3 is 0 Å². The standard InChI is InChI=1S/C25H23N5O2/c1-15-3-5-17(6-4-15)21-14-23(21)25(31)26-18-9-12-20(16-7-10-19(32-2)11-8-16)22(13-18)24-27-29-30-28-24/h3-13,21,23H,14H2,1-2H3,(H,26,31)(H,27,28,29,30). The number of aryl methyl sites for hydroxylation is 1. The van der Waals surface area contributed by atoms with E-state index in [1.165, 1.54) is 11.1 Å². The Bertz CT molecular complexity index is 1230. The lowest BCUT2D eigenvalue weighted by molar-refractivity contribution is -0.117. The number of methoxy groups -OCH3 is 1. The zero-order chi connectivity index (χ0) is 22.1. The fourth-order valence-corrected chi connectivity index (χ4v) is 4.01. The number of rotatable bonds is 6. The van der Waals surface area contributed by atoms with Crippen LogP contribution in [0, 0.1) is 12.8 Å². The van der Waals surface area contributed by atoms with Crippen molar-refractivity contribution < 1.29 is 9.53 Å². The van der Waals surface area contributed by atoms with Gasteiger partial charge in [-0.2, -0.15) is 5.21 Å². The van der Waals surface area contributed by atoms with Gasteiger partial charge in [0.2, 0.25) is 11.7 Å². The van der Waals surface area contributed by atoms with E-state index >= 15 is 0 Å². The summed E-state index contributed by atoms with van der Waals surface area (Å²) in [6, 6.07) is 22.0. The average Bonchev–Trinajstić information content (AvgIpc) is 3.44. The Kier molecular flexibility index (Phi) is 5.15. The van der Waals surface area contributed by atoms with Crippen molar-refractivity contribution in [3.8, 4) is 28.3 Å². The van der Waals surface area contributed by atoms with Gasteiger partial charge in [0, 0.05) is 17.2 Å². The maximum absolute atomic E-state index is 12.9. The molecule has 5 rings (SSSR count). The topological polar surface area (TPSA) is 92.8 Å². The molecule has 0 spiro atoms. The van der Waals surface area contributed by atoms with Crippen molar-refractivity contribution in [3.05, 3.63) is 77.9 Å². The lowest BCUT2D eigenvalue weighted by Gasteiger charge is -2.12. The highest BCUT2D eigenvalue weighted by Gasteiger charge is 2.43. The van der Waals surface area contributed by atoms with E-state index in [4.69, 9.17) is 4.74 Å².